The molecule has 0 bridgehead atoms. The van der Waals surface area contributed by atoms with Crippen LogP contribution in [0.2, 0.25) is 5.02 Å². The van der Waals surface area contributed by atoms with E-state index in [1.165, 1.54) is 30.5 Å². The predicted octanol–water partition coefficient (Wildman–Crippen LogP) is 4.07. The summed E-state index contributed by atoms with van der Waals surface area (Å²) in [5.74, 6) is 0.731. The molecule has 1 fully saturated rings. The average molecular weight is 281 g/mol. The fraction of sp³-hybridized carbons (Fsp3) is 0.625. The van der Waals surface area contributed by atoms with Gasteiger partial charge in [-0.25, -0.2) is 0 Å². The van der Waals surface area contributed by atoms with Gasteiger partial charge in [-0.15, -0.1) is 0 Å². The highest BCUT2D eigenvalue weighted by Gasteiger charge is 2.20. The molecule has 19 heavy (non-hydrogen) atoms. The van der Waals surface area contributed by atoms with Crippen LogP contribution in [0.15, 0.2) is 18.2 Å². The second-order valence-electron chi connectivity index (χ2n) is 6.03. The maximum atomic E-state index is 6.15. The second kappa shape index (κ2) is 6.62. The van der Waals surface area contributed by atoms with Crippen LogP contribution in [0.1, 0.15) is 38.7 Å². The van der Waals surface area contributed by atoms with Gasteiger partial charge in [-0.05, 0) is 42.9 Å². The zero-order valence-corrected chi connectivity index (χ0v) is 13.0. The van der Waals surface area contributed by atoms with Crippen LogP contribution in [0, 0.1) is 5.92 Å². The number of nitrogens with zero attached hydrogens (tertiary/aromatic N) is 1. The Balaban J connectivity index is 2.03. The first kappa shape index (κ1) is 14.7. The number of halogens is 1. The van der Waals surface area contributed by atoms with Crippen LogP contribution >= 0.6 is 11.6 Å². The normalized spacial score (nSPS) is 15.0. The second-order valence-corrected chi connectivity index (χ2v) is 6.47. The summed E-state index contributed by atoms with van der Waals surface area (Å²) in [6.07, 6.45) is 3.86. The van der Waals surface area contributed by atoms with Crippen molar-refractivity contribution >= 4 is 17.3 Å². The quantitative estimate of drug-likeness (QED) is 0.810. The summed E-state index contributed by atoms with van der Waals surface area (Å²) in [4.78, 5) is 2.33. The first-order chi connectivity index (χ1) is 9.06. The zero-order valence-electron chi connectivity index (χ0n) is 12.2. The molecule has 1 N–H and O–H groups in total. The first-order valence-corrected chi connectivity index (χ1v) is 7.67. The van der Waals surface area contributed by atoms with Crippen molar-refractivity contribution in [2.24, 2.45) is 5.92 Å². The van der Waals surface area contributed by atoms with Gasteiger partial charge in [0.15, 0.2) is 0 Å². The van der Waals surface area contributed by atoms with Gasteiger partial charge in [0.05, 0.1) is 0 Å². The Morgan fingerprint density at radius 1 is 1.37 bits per heavy atom. The zero-order chi connectivity index (χ0) is 13.8. The number of hydrogen-bond acceptors (Lipinski definition) is 2. The number of rotatable bonds is 7. The highest BCUT2D eigenvalue weighted by Crippen LogP contribution is 2.26. The van der Waals surface area contributed by atoms with Gasteiger partial charge in [0.2, 0.25) is 0 Å². The van der Waals surface area contributed by atoms with Crippen molar-refractivity contribution in [2.75, 3.05) is 18.5 Å². The number of benzene rings is 1. The highest BCUT2D eigenvalue weighted by atomic mass is 35.5. The van der Waals surface area contributed by atoms with Gasteiger partial charge in [0.25, 0.3) is 0 Å². The monoisotopic (exact) mass is 280 g/mol. The summed E-state index contributed by atoms with van der Waals surface area (Å²) in [6, 6.07) is 6.97. The molecule has 0 aliphatic heterocycles. The molecule has 2 nitrogen and oxygen atoms in total. The lowest BCUT2D eigenvalue weighted by Gasteiger charge is -2.24. The molecule has 106 valence electrons. The maximum Gasteiger partial charge on any atom is 0.0426 e. The summed E-state index contributed by atoms with van der Waals surface area (Å²) in [6.45, 7) is 6.56. The molecule has 0 radical (unpaired) electrons. The van der Waals surface area contributed by atoms with Gasteiger partial charge in [0.1, 0.15) is 0 Å². The molecule has 1 aromatic carbocycles. The summed E-state index contributed by atoms with van der Waals surface area (Å²) in [5.41, 5.74) is 2.61. The van der Waals surface area contributed by atoms with E-state index < -0.39 is 0 Å². The summed E-state index contributed by atoms with van der Waals surface area (Å²) >= 11 is 6.15. The topological polar surface area (TPSA) is 15.3 Å². The van der Waals surface area contributed by atoms with Gasteiger partial charge >= 0.3 is 0 Å². The molecule has 0 heterocycles. The standard InChI is InChI=1S/C16H25ClN2/c1-12(2)8-9-19(3)16-10-14(17)5-4-13(16)11-18-15-6-7-15/h4-5,10,12,15,18H,6-9,11H2,1-3H3. The van der Waals surface area contributed by atoms with E-state index in [9.17, 15) is 0 Å². The smallest absolute Gasteiger partial charge is 0.0426 e. The van der Waals surface area contributed by atoms with Crippen molar-refractivity contribution in [3.05, 3.63) is 28.8 Å². The molecule has 1 aliphatic rings. The largest absolute Gasteiger partial charge is 0.374 e. The van der Waals surface area contributed by atoms with E-state index in [1.54, 1.807) is 0 Å². The molecule has 2 rings (SSSR count). The summed E-state index contributed by atoms with van der Waals surface area (Å²) < 4.78 is 0. The van der Waals surface area contributed by atoms with E-state index in [-0.39, 0.29) is 0 Å². The molecule has 0 saturated heterocycles. The van der Waals surface area contributed by atoms with E-state index in [4.69, 9.17) is 11.6 Å². The third-order valence-electron chi connectivity index (χ3n) is 3.66. The molecule has 1 aliphatic carbocycles. The number of anilines is 1. The van der Waals surface area contributed by atoms with Crippen LogP contribution in [0.3, 0.4) is 0 Å². The van der Waals surface area contributed by atoms with Crippen molar-refractivity contribution in [2.45, 2.75) is 45.7 Å². The van der Waals surface area contributed by atoms with Crippen LogP contribution in [0.25, 0.3) is 0 Å². The van der Waals surface area contributed by atoms with Gasteiger partial charge in [-0.3, -0.25) is 0 Å². The lowest BCUT2D eigenvalue weighted by atomic mass is 10.1. The Bertz CT molecular complexity index is 413. The fourth-order valence-electron chi connectivity index (χ4n) is 2.16. The lowest BCUT2D eigenvalue weighted by molar-refractivity contribution is 0.584. The molecule has 0 amide bonds. The Morgan fingerprint density at radius 2 is 2.11 bits per heavy atom. The Kier molecular flexibility index (Phi) is 5.12. The SMILES string of the molecule is CC(C)CCN(C)c1cc(Cl)ccc1CNC1CC1. The van der Waals surface area contributed by atoms with E-state index in [2.05, 4.69) is 43.2 Å². The Morgan fingerprint density at radius 3 is 2.74 bits per heavy atom. The summed E-state index contributed by atoms with van der Waals surface area (Å²) in [5, 5.41) is 4.40. The van der Waals surface area contributed by atoms with Gasteiger partial charge < -0.3 is 10.2 Å². The first-order valence-electron chi connectivity index (χ1n) is 7.29. The lowest BCUT2D eigenvalue weighted by Crippen LogP contribution is -2.23. The number of hydrogen-bond donors (Lipinski definition) is 1. The van der Waals surface area contributed by atoms with Crippen LogP contribution in [-0.4, -0.2) is 19.6 Å². The van der Waals surface area contributed by atoms with Crippen LogP contribution < -0.4 is 10.2 Å². The molecule has 0 unspecified atom stereocenters. The summed E-state index contributed by atoms with van der Waals surface area (Å²) in [7, 11) is 2.16. The third kappa shape index (κ3) is 4.70. The van der Waals surface area contributed by atoms with Crippen molar-refractivity contribution in [1.82, 2.24) is 5.32 Å². The molecule has 0 atom stereocenters. The fourth-order valence-corrected chi connectivity index (χ4v) is 2.32. The van der Waals surface area contributed by atoms with E-state index in [1.807, 2.05) is 6.07 Å². The Labute approximate surface area is 122 Å². The number of nitrogens with one attached hydrogen (secondary N) is 1. The van der Waals surface area contributed by atoms with Crippen molar-refractivity contribution in [1.29, 1.82) is 0 Å². The molecular weight excluding hydrogens is 256 g/mol. The van der Waals surface area contributed by atoms with Gasteiger partial charge in [0, 0.05) is 36.9 Å². The molecule has 3 heteroatoms. The average Bonchev–Trinajstić information content (AvgIpc) is 3.18. The van der Waals surface area contributed by atoms with Crippen LogP contribution in [0.4, 0.5) is 5.69 Å². The minimum atomic E-state index is 0.731. The Hall–Kier alpha value is -0.730. The molecule has 1 saturated carbocycles. The van der Waals surface area contributed by atoms with Crippen LogP contribution in [0.5, 0.6) is 0 Å². The van der Waals surface area contributed by atoms with E-state index in [0.29, 0.717) is 0 Å². The molecule has 0 spiro atoms. The van der Waals surface area contributed by atoms with Gasteiger partial charge in [-0.1, -0.05) is 31.5 Å². The van der Waals surface area contributed by atoms with Gasteiger partial charge in [-0.2, -0.15) is 0 Å². The maximum absolute atomic E-state index is 6.15. The molecule has 0 aromatic heterocycles. The highest BCUT2D eigenvalue weighted by molar-refractivity contribution is 6.30. The van der Waals surface area contributed by atoms with Crippen molar-refractivity contribution in [3.8, 4) is 0 Å². The van der Waals surface area contributed by atoms with Crippen molar-refractivity contribution < 1.29 is 0 Å². The van der Waals surface area contributed by atoms with E-state index in [0.717, 1.165) is 30.1 Å². The van der Waals surface area contributed by atoms with Crippen LogP contribution in [-0.2, 0) is 6.54 Å². The predicted molar refractivity (Wildman–Crippen MR) is 84.0 cm³/mol. The minimum absolute atomic E-state index is 0.731. The van der Waals surface area contributed by atoms with Crippen molar-refractivity contribution in [3.63, 3.8) is 0 Å². The minimum Gasteiger partial charge on any atom is -0.374 e. The molecule has 1 aromatic rings. The molecular formula is C16H25ClN2. The third-order valence-corrected chi connectivity index (χ3v) is 3.89. The van der Waals surface area contributed by atoms with E-state index >= 15 is 0 Å².